The van der Waals surface area contributed by atoms with Crippen molar-refractivity contribution in [2.75, 3.05) is 31.6 Å². The molecule has 0 N–H and O–H groups in total. The average Bonchev–Trinajstić information content (AvgIpc) is 2.72. The third-order valence-corrected chi connectivity index (χ3v) is 5.83. The maximum Gasteiger partial charge on any atom is 0.0906 e. The lowest BCUT2D eigenvalue weighted by Crippen LogP contribution is -2.24. The van der Waals surface area contributed by atoms with Gasteiger partial charge in [0.1, 0.15) is 0 Å². The van der Waals surface area contributed by atoms with Crippen LogP contribution in [0.5, 0.6) is 0 Å². The Morgan fingerprint density at radius 3 is 2.45 bits per heavy atom. The van der Waals surface area contributed by atoms with Crippen LogP contribution in [0.3, 0.4) is 0 Å². The summed E-state index contributed by atoms with van der Waals surface area (Å²) in [6, 6.07) is 0. The first-order valence-corrected chi connectivity index (χ1v) is 6.75. The zero-order valence-corrected chi connectivity index (χ0v) is 7.72. The summed E-state index contributed by atoms with van der Waals surface area (Å²) in [7, 11) is -1.70. The molecule has 0 bridgehead atoms. The van der Waals surface area contributed by atoms with Gasteiger partial charge in [-0.3, -0.25) is 0 Å². The first kappa shape index (κ1) is 7.82. The second kappa shape index (κ2) is 2.91. The van der Waals surface area contributed by atoms with E-state index in [1.54, 1.807) is 0 Å². The smallest absolute Gasteiger partial charge is 0.0906 e. The van der Waals surface area contributed by atoms with E-state index in [2.05, 4.69) is 5.32 Å². The molecule has 0 spiro atoms. The van der Waals surface area contributed by atoms with Crippen LogP contribution in [-0.2, 0) is 4.57 Å². The molecule has 0 amide bonds. The van der Waals surface area contributed by atoms with Crippen molar-refractivity contribution in [2.45, 2.75) is 12.8 Å². The van der Waals surface area contributed by atoms with Gasteiger partial charge in [-0.05, 0) is 18.8 Å². The summed E-state index contributed by atoms with van der Waals surface area (Å²) in [5, 5.41) is 4.23. The Morgan fingerprint density at radius 1 is 1.27 bits per heavy atom. The van der Waals surface area contributed by atoms with E-state index >= 15 is 0 Å². The Balaban J connectivity index is 1.89. The molecule has 1 aliphatic heterocycles. The zero-order valence-electron chi connectivity index (χ0n) is 6.83. The van der Waals surface area contributed by atoms with Gasteiger partial charge in [0.2, 0.25) is 0 Å². The Morgan fingerprint density at radius 2 is 1.91 bits per heavy atom. The maximum absolute atomic E-state index is 12.0. The lowest BCUT2D eigenvalue weighted by Gasteiger charge is -2.22. The Hall–Kier alpha value is 0.190. The Bertz CT molecular complexity index is 179. The molecule has 2 nitrogen and oxygen atoms in total. The molecule has 0 aromatic rings. The number of hydrogen-bond donors (Lipinski definition) is 0. The molecule has 1 radical (unpaired) electrons. The summed E-state index contributed by atoms with van der Waals surface area (Å²) >= 11 is 0. The molecule has 0 unspecified atom stereocenters. The second-order valence-corrected chi connectivity index (χ2v) is 7.18. The van der Waals surface area contributed by atoms with E-state index in [0.717, 1.165) is 37.5 Å². The molecule has 0 aromatic heterocycles. The lowest BCUT2D eigenvalue weighted by atomic mass is 10.5. The highest BCUT2D eigenvalue weighted by Crippen LogP contribution is 2.52. The fourth-order valence-electron chi connectivity index (χ4n) is 1.68. The molecule has 0 atom stereocenters. The highest BCUT2D eigenvalue weighted by Gasteiger charge is 2.33. The SMILES string of the molecule is O=P1(CC2CC2)CC[N]CC1. The van der Waals surface area contributed by atoms with E-state index < -0.39 is 7.14 Å². The molecule has 1 saturated heterocycles. The van der Waals surface area contributed by atoms with Crippen LogP contribution >= 0.6 is 7.14 Å². The maximum atomic E-state index is 12.0. The van der Waals surface area contributed by atoms with Gasteiger partial charge in [0.05, 0.1) is 7.14 Å². The van der Waals surface area contributed by atoms with E-state index in [-0.39, 0.29) is 0 Å². The van der Waals surface area contributed by atoms with Gasteiger partial charge in [0.25, 0.3) is 0 Å². The van der Waals surface area contributed by atoms with Gasteiger partial charge >= 0.3 is 0 Å². The highest BCUT2D eigenvalue weighted by atomic mass is 31.2. The fraction of sp³-hybridized carbons (Fsp3) is 1.00. The standard InChI is InChI=1S/C8H15NOP/c10-11(7-8-1-2-8)5-3-9-4-6-11/h8H,1-7H2. The van der Waals surface area contributed by atoms with Crippen LogP contribution in [0, 0.1) is 5.92 Å². The summed E-state index contributed by atoms with van der Waals surface area (Å²) < 4.78 is 12.0. The minimum atomic E-state index is -1.70. The summed E-state index contributed by atoms with van der Waals surface area (Å²) in [5.41, 5.74) is 0. The van der Waals surface area contributed by atoms with Gasteiger partial charge in [-0.1, -0.05) is 0 Å². The molecule has 1 aliphatic carbocycles. The van der Waals surface area contributed by atoms with Crippen LogP contribution in [0.25, 0.3) is 0 Å². The van der Waals surface area contributed by atoms with E-state index in [9.17, 15) is 4.57 Å². The van der Waals surface area contributed by atoms with E-state index in [1.165, 1.54) is 12.8 Å². The van der Waals surface area contributed by atoms with E-state index in [1.807, 2.05) is 0 Å². The third kappa shape index (κ3) is 2.07. The van der Waals surface area contributed by atoms with E-state index in [4.69, 9.17) is 0 Å². The monoisotopic (exact) mass is 172 g/mol. The van der Waals surface area contributed by atoms with Crippen molar-refractivity contribution >= 4 is 7.14 Å². The van der Waals surface area contributed by atoms with Crippen molar-refractivity contribution in [3.8, 4) is 0 Å². The first-order chi connectivity index (χ1) is 5.29. The minimum absolute atomic E-state index is 0.832. The van der Waals surface area contributed by atoms with Gasteiger partial charge in [-0.15, -0.1) is 0 Å². The largest absolute Gasteiger partial charge is 0.323 e. The zero-order chi connectivity index (χ0) is 7.73. The van der Waals surface area contributed by atoms with Crippen LogP contribution in [0.15, 0.2) is 0 Å². The average molecular weight is 172 g/mol. The predicted molar refractivity (Wildman–Crippen MR) is 46.8 cm³/mol. The Labute approximate surface area is 68.1 Å². The molecule has 0 aromatic carbocycles. The lowest BCUT2D eigenvalue weighted by molar-refractivity contribution is 0.557. The fourth-order valence-corrected chi connectivity index (χ4v) is 4.59. The van der Waals surface area contributed by atoms with Gasteiger partial charge in [0, 0.05) is 31.6 Å². The van der Waals surface area contributed by atoms with Crippen molar-refractivity contribution in [3.05, 3.63) is 0 Å². The molecule has 11 heavy (non-hydrogen) atoms. The molecular weight excluding hydrogens is 157 g/mol. The van der Waals surface area contributed by atoms with Crippen molar-refractivity contribution in [2.24, 2.45) is 5.92 Å². The molecule has 1 heterocycles. The summed E-state index contributed by atoms with van der Waals surface area (Å²) in [5.74, 6) is 0.832. The van der Waals surface area contributed by atoms with Gasteiger partial charge < -0.3 is 4.57 Å². The number of hydrogen-bond acceptors (Lipinski definition) is 1. The van der Waals surface area contributed by atoms with Crippen molar-refractivity contribution in [3.63, 3.8) is 0 Å². The third-order valence-electron chi connectivity index (χ3n) is 2.62. The van der Waals surface area contributed by atoms with Crippen LogP contribution < -0.4 is 5.32 Å². The van der Waals surface area contributed by atoms with Crippen LogP contribution in [0.4, 0.5) is 0 Å². The Kier molecular flexibility index (Phi) is 2.07. The number of nitrogens with zero attached hydrogens (tertiary/aromatic N) is 1. The second-order valence-electron chi connectivity index (χ2n) is 3.80. The van der Waals surface area contributed by atoms with Crippen molar-refractivity contribution in [1.82, 2.24) is 5.32 Å². The molecule has 3 heteroatoms. The topological polar surface area (TPSA) is 31.2 Å². The quantitative estimate of drug-likeness (QED) is 0.579. The van der Waals surface area contributed by atoms with E-state index in [0.29, 0.717) is 0 Å². The van der Waals surface area contributed by atoms with Gasteiger partial charge in [0.15, 0.2) is 0 Å². The number of rotatable bonds is 2. The van der Waals surface area contributed by atoms with Crippen LogP contribution in [0.2, 0.25) is 0 Å². The van der Waals surface area contributed by atoms with Crippen molar-refractivity contribution < 1.29 is 4.57 Å². The normalized spacial score (nSPS) is 30.2. The molecular formula is C8H15NOP. The molecule has 2 fully saturated rings. The summed E-state index contributed by atoms with van der Waals surface area (Å²) in [4.78, 5) is 0. The summed E-state index contributed by atoms with van der Waals surface area (Å²) in [6.07, 6.45) is 5.53. The molecule has 2 aliphatic rings. The summed E-state index contributed by atoms with van der Waals surface area (Å²) in [6.45, 7) is 1.73. The van der Waals surface area contributed by atoms with Crippen LogP contribution in [-0.4, -0.2) is 31.6 Å². The molecule has 2 rings (SSSR count). The molecule has 63 valence electrons. The minimum Gasteiger partial charge on any atom is -0.323 e. The van der Waals surface area contributed by atoms with Crippen molar-refractivity contribution in [1.29, 1.82) is 0 Å². The van der Waals surface area contributed by atoms with Gasteiger partial charge in [-0.25, -0.2) is 5.32 Å². The predicted octanol–water partition coefficient (Wildman–Crippen LogP) is 1.38. The van der Waals surface area contributed by atoms with Crippen LogP contribution in [0.1, 0.15) is 12.8 Å². The van der Waals surface area contributed by atoms with Gasteiger partial charge in [-0.2, -0.15) is 0 Å². The molecule has 1 saturated carbocycles. The first-order valence-electron chi connectivity index (χ1n) is 4.49. The highest BCUT2D eigenvalue weighted by molar-refractivity contribution is 7.64.